The second-order valence-corrected chi connectivity index (χ2v) is 7.88. The van der Waals surface area contributed by atoms with E-state index < -0.39 is 0 Å². The molecule has 0 saturated carbocycles. The van der Waals surface area contributed by atoms with E-state index in [1.807, 2.05) is 12.4 Å². The van der Waals surface area contributed by atoms with Gasteiger partial charge in [0.05, 0.1) is 7.11 Å². The van der Waals surface area contributed by atoms with Crippen LogP contribution in [0, 0.1) is 0 Å². The number of carbonyl (C=O) groups is 2. The summed E-state index contributed by atoms with van der Waals surface area (Å²) in [6.45, 7) is 3.53. The van der Waals surface area contributed by atoms with Crippen LogP contribution in [0.1, 0.15) is 41.6 Å². The fourth-order valence-corrected chi connectivity index (χ4v) is 3.73. The lowest BCUT2D eigenvalue weighted by Gasteiger charge is -2.32. The van der Waals surface area contributed by atoms with Gasteiger partial charge in [0.25, 0.3) is 5.91 Å². The number of benzene rings is 1. The Morgan fingerprint density at radius 1 is 1.10 bits per heavy atom. The third kappa shape index (κ3) is 7.68. The summed E-state index contributed by atoms with van der Waals surface area (Å²) in [4.78, 5) is 30.9. The van der Waals surface area contributed by atoms with E-state index in [1.54, 1.807) is 31.4 Å². The molecule has 3 rings (SSSR count). The first-order valence-electron chi connectivity index (χ1n) is 11.0. The molecule has 0 spiro atoms. The quantitative estimate of drug-likeness (QED) is 0.573. The van der Waals surface area contributed by atoms with E-state index in [2.05, 4.69) is 32.7 Å². The molecule has 1 aliphatic heterocycles. The van der Waals surface area contributed by atoms with Crippen molar-refractivity contribution in [3.63, 3.8) is 0 Å². The zero-order chi connectivity index (χ0) is 21.9. The van der Waals surface area contributed by atoms with Gasteiger partial charge >= 0.3 is 0 Å². The lowest BCUT2D eigenvalue weighted by atomic mass is 10.0. The number of aromatic nitrogens is 1. The molecule has 166 valence electrons. The van der Waals surface area contributed by atoms with Crippen molar-refractivity contribution in [3.05, 3.63) is 59.9 Å². The summed E-state index contributed by atoms with van der Waals surface area (Å²) in [6.07, 6.45) is 7.71. The van der Waals surface area contributed by atoms with E-state index in [0.29, 0.717) is 30.7 Å². The topological polar surface area (TPSA) is 83.6 Å². The van der Waals surface area contributed by atoms with Crippen LogP contribution in [0.2, 0.25) is 0 Å². The average molecular weight is 425 g/mol. The Morgan fingerprint density at radius 2 is 1.81 bits per heavy atom. The molecule has 2 amide bonds. The highest BCUT2D eigenvalue weighted by Gasteiger charge is 2.20. The maximum Gasteiger partial charge on any atom is 0.251 e. The van der Waals surface area contributed by atoms with Crippen molar-refractivity contribution in [2.45, 2.75) is 38.1 Å². The molecule has 2 heterocycles. The number of nitrogens with zero attached hydrogens (tertiary/aromatic N) is 2. The van der Waals surface area contributed by atoms with Crippen LogP contribution < -0.4 is 15.4 Å². The summed E-state index contributed by atoms with van der Waals surface area (Å²) < 4.78 is 5.09. The third-order valence-corrected chi connectivity index (χ3v) is 5.64. The molecule has 1 aromatic heterocycles. The molecule has 1 saturated heterocycles. The molecular formula is C24H32N4O3. The SMILES string of the molecule is COc1ccc(C(=O)NCCCC(=O)NC2CCN(CCc3ccncc3)CC2)cc1. The van der Waals surface area contributed by atoms with Crippen LogP contribution in [-0.4, -0.2) is 61.0 Å². The molecule has 2 aromatic rings. The number of hydrogen-bond donors (Lipinski definition) is 2. The number of nitrogens with one attached hydrogen (secondary N) is 2. The zero-order valence-corrected chi connectivity index (χ0v) is 18.2. The molecule has 7 nitrogen and oxygen atoms in total. The normalized spacial score (nSPS) is 14.7. The number of ether oxygens (including phenoxy) is 1. The maximum absolute atomic E-state index is 12.2. The summed E-state index contributed by atoms with van der Waals surface area (Å²) in [7, 11) is 1.59. The first-order chi connectivity index (χ1) is 15.1. The third-order valence-electron chi connectivity index (χ3n) is 5.64. The fraction of sp³-hybridized carbons (Fsp3) is 0.458. The number of amides is 2. The molecule has 0 bridgehead atoms. The van der Waals surface area contributed by atoms with E-state index in [1.165, 1.54) is 5.56 Å². The zero-order valence-electron chi connectivity index (χ0n) is 18.2. The average Bonchev–Trinajstić information content (AvgIpc) is 2.82. The van der Waals surface area contributed by atoms with Crippen LogP contribution in [0.25, 0.3) is 0 Å². The highest BCUT2D eigenvalue weighted by Crippen LogP contribution is 2.12. The van der Waals surface area contributed by atoms with Crippen LogP contribution >= 0.6 is 0 Å². The van der Waals surface area contributed by atoms with Gasteiger partial charge in [0.2, 0.25) is 5.91 Å². The minimum atomic E-state index is -0.137. The predicted molar refractivity (Wildman–Crippen MR) is 120 cm³/mol. The maximum atomic E-state index is 12.2. The van der Waals surface area contributed by atoms with Crippen LogP contribution in [0.15, 0.2) is 48.8 Å². The fourth-order valence-electron chi connectivity index (χ4n) is 3.73. The Bertz CT molecular complexity index is 818. The van der Waals surface area contributed by atoms with Crippen LogP contribution in [0.3, 0.4) is 0 Å². The molecular weight excluding hydrogens is 392 g/mol. The second kappa shape index (κ2) is 12.1. The summed E-state index contributed by atoms with van der Waals surface area (Å²) in [5, 5.41) is 6.00. The Balaban J connectivity index is 1.26. The summed E-state index contributed by atoms with van der Waals surface area (Å²) in [5.74, 6) is 0.643. The predicted octanol–water partition coefficient (Wildman–Crippen LogP) is 2.42. The minimum absolute atomic E-state index is 0.0638. The molecule has 0 aliphatic carbocycles. The Labute approximate surface area is 184 Å². The Morgan fingerprint density at radius 3 is 2.48 bits per heavy atom. The van der Waals surface area contributed by atoms with E-state index in [0.717, 1.165) is 38.9 Å². The molecule has 7 heteroatoms. The number of carbonyl (C=O) groups excluding carboxylic acids is 2. The molecule has 0 atom stereocenters. The molecule has 31 heavy (non-hydrogen) atoms. The van der Waals surface area contributed by atoms with Gasteiger partial charge in [0.15, 0.2) is 0 Å². The van der Waals surface area contributed by atoms with Crippen molar-refractivity contribution < 1.29 is 14.3 Å². The molecule has 0 unspecified atom stereocenters. The van der Waals surface area contributed by atoms with Crippen molar-refractivity contribution in [1.29, 1.82) is 0 Å². The molecule has 2 N–H and O–H groups in total. The smallest absolute Gasteiger partial charge is 0.251 e. The number of pyridine rings is 1. The van der Waals surface area contributed by atoms with Gasteiger partial charge in [-0.2, -0.15) is 0 Å². The summed E-state index contributed by atoms with van der Waals surface area (Å²) in [6, 6.07) is 11.3. The lowest BCUT2D eigenvalue weighted by Crippen LogP contribution is -2.45. The van der Waals surface area contributed by atoms with E-state index in [4.69, 9.17) is 4.74 Å². The number of rotatable bonds is 10. The molecule has 1 aromatic carbocycles. The van der Waals surface area contributed by atoms with E-state index >= 15 is 0 Å². The molecule has 1 fully saturated rings. The van der Waals surface area contributed by atoms with Crippen LogP contribution in [0.5, 0.6) is 5.75 Å². The highest BCUT2D eigenvalue weighted by atomic mass is 16.5. The first-order valence-corrected chi connectivity index (χ1v) is 11.0. The van der Waals surface area contributed by atoms with Crippen molar-refractivity contribution in [2.75, 3.05) is 33.3 Å². The van der Waals surface area contributed by atoms with Crippen LogP contribution in [0.4, 0.5) is 0 Å². The number of piperidine rings is 1. The van der Waals surface area contributed by atoms with Gasteiger partial charge in [0, 0.05) is 56.6 Å². The number of likely N-dealkylation sites (tertiary alicyclic amines) is 1. The summed E-state index contributed by atoms with van der Waals surface area (Å²) in [5.41, 5.74) is 1.89. The van der Waals surface area contributed by atoms with Gasteiger partial charge in [-0.3, -0.25) is 14.6 Å². The number of methoxy groups -OCH3 is 1. The molecule has 1 aliphatic rings. The van der Waals surface area contributed by atoms with Crippen molar-refractivity contribution in [1.82, 2.24) is 20.5 Å². The monoisotopic (exact) mass is 424 g/mol. The number of hydrogen-bond acceptors (Lipinski definition) is 5. The van der Waals surface area contributed by atoms with Crippen LogP contribution in [-0.2, 0) is 11.2 Å². The Hall–Kier alpha value is -2.93. The minimum Gasteiger partial charge on any atom is -0.497 e. The van der Waals surface area contributed by atoms with Crippen molar-refractivity contribution in [3.8, 4) is 5.75 Å². The van der Waals surface area contributed by atoms with Gasteiger partial charge in [-0.05, 0) is 67.6 Å². The van der Waals surface area contributed by atoms with Gasteiger partial charge in [-0.15, -0.1) is 0 Å². The second-order valence-electron chi connectivity index (χ2n) is 7.88. The van der Waals surface area contributed by atoms with Crippen molar-refractivity contribution >= 4 is 11.8 Å². The lowest BCUT2D eigenvalue weighted by molar-refractivity contribution is -0.122. The first kappa shape index (κ1) is 22.7. The van der Waals surface area contributed by atoms with Gasteiger partial charge in [-0.25, -0.2) is 0 Å². The summed E-state index contributed by atoms with van der Waals surface area (Å²) >= 11 is 0. The highest BCUT2D eigenvalue weighted by molar-refractivity contribution is 5.94. The van der Waals surface area contributed by atoms with E-state index in [-0.39, 0.29) is 17.9 Å². The standard InChI is InChI=1S/C24H32N4O3/c1-31-22-6-4-20(5-7-22)24(30)26-13-2-3-23(29)27-21-11-17-28(18-12-21)16-10-19-8-14-25-15-9-19/h4-9,14-15,21H,2-3,10-13,16-18H2,1H3,(H,26,30)(H,27,29). The Kier molecular flexibility index (Phi) is 8.84. The van der Waals surface area contributed by atoms with Gasteiger partial charge in [0.1, 0.15) is 5.75 Å². The van der Waals surface area contributed by atoms with E-state index in [9.17, 15) is 9.59 Å². The van der Waals surface area contributed by atoms with Gasteiger partial charge in [-0.1, -0.05) is 0 Å². The van der Waals surface area contributed by atoms with Crippen molar-refractivity contribution in [2.24, 2.45) is 0 Å². The van der Waals surface area contributed by atoms with Gasteiger partial charge < -0.3 is 20.3 Å². The largest absolute Gasteiger partial charge is 0.497 e. The molecule has 0 radical (unpaired) electrons.